The first kappa shape index (κ1) is 19.9. The second kappa shape index (κ2) is 9.39. The maximum absolute atomic E-state index is 12.3. The van der Waals surface area contributed by atoms with Crippen molar-refractivity contribution in [2.45, 2.75) is 32.6 Å². The van der Waals surface area contributed by atoms with E-state index in [4.69, 9.17) is 0 Å². The monoisotopic (exact) mass is 401 g/mol. The van der Waals surface area contributed by atoms with E-state index in [-0.39, 0.29) is 6.03 Å². The molecule has 0 radical (unpaired) electrons. The van der Waals surface area contributed by atoms with Gasteiger partial charge in [0.15, 0.2) is 5.82 Å². The molecule has 6 nitrogen and oxygen atoms in total. The zero-order valence-electron chi connectivity index (χ0n) is 17.3. The summed E-state index contributed by atoms with van der Waals surface area (Å²) in [5, 5.41) is 14.6. The highest BCUT2D eigenvalue weighted by Crippen LogP contribution is 2.23. The fourth-order valence-corrected chi connectivity index (χ4v) is 3.73. The number of nitrogens with one attached hydrogen (secondary N) is 2. The Morgan fingerprint density at radius 1 is 0.900 bits per heavy atom. The molecule has 2 N–H and O–H groups in total. The molecule has 1 fully saturated rings. The van der Waals surface area contributed by atoms with Gasteiger partial charge in [-0.25, -0.2) is 4.79 Å². The Morgan fingerprint density at radius 2 is 1.67 bits per heavy atom. The highest BCUT2D eigenvalue weighted by Gasteiger charge is 2.13. The normalized spacial score (nSPS) is 13.7. The van der Waals surface area contributed by atoms with Gasteiger partial charge in [-0.05, 0) is 61.6 Å². The fraction of sp³-hybridized carbons (Fsp3) is 0.292. The molecule has 1 aromatic heterocycles. The molecule has 2 aromatic carbocycles. The summed E-state index contributed by atoms with van der Waals surface area (Å²) in [6.45, 7) is 4.18. The van der Waals surface area contributed by atoms with Gasteiger partial charge in [-0.2, -0.15) is 0 Å². The molecule has 2 heterocycles. The topological polar surface area (TPSA) is 70.2 Å². The number of anilines is 3. The van der Waals surface area contributed by atoms with E-state index in [0.29, 0.717) is 0 Å². The first-order chi connectivity index (χ1) is 14.7. The average Bonchev–Trinajstić information content (AvgIpc) is 2.80. The minimum atomic E-state index is -0.255. The van der Waals surface area contributed by atoms with Gasteiger partial charge in [-0.1, -0.05) is 37.3 Å². The van der Waals surface area contributed by atoms with E-state index in [1.165, 1.54) is 19.3 Å². The molecule has 4 rings (SSSR count). The molecule has 0 unspecified atom stereocenters. The fourth-order valence-electron chi connectivity index (χ4n) is 3.73. The van der Waals surface area contributed by atoms with Gasteiger partial charge in [0.05, 0.1) is 5.69 Å². The quantitative estimate of drug-likeness (QED) is 0.605. The number of aromatic nitrogens is 2. The third-order valence-corrected chi connectivity index (χ3v) is 5.42. The molecular formula is C24H27N5O. The van der Waals surface area contributed by atoms with Gasteiger partial charge in [-0.15, -0.1) is 10.2 Å². The molecule has 6 heteroatoms. The van der Waals surface area contributed by atoms with Crippen molar-refractivity contribution in [3.8, 4) is 11.3 Å². The van der Waals surface area contributed by atoms with Crippen LogP contribution in [0.2, 0.25) is 0 Å². The number of amides is 2. The predicted octanol–water partition coefficient (Wildman–Crippen LogP) is 5.34. The Hall–Kier alpha value is -3.41. The first-order valence-corrected chi connectivity index (χ1v) is 10.6. The highest BCUT2D eigenvalue weighted by molar-refractivity contribution is 6.00. The van der Waals surface area contributed by atoms with Crippen molar-refractivity contribution in [3.63, 3.8) is 0 Å². The zero-order chi connectivity index (χ0) is 20.8. The number of benzene rings is 2. The molecule has 0 aliphatic carbocycles. The van der Waals surface area contributed by atoms with Crippen LogP contribution in [0.25, 0.3) is 11.3 Å². The average molecular weight is 402 g/mol. The molecule has 1 aliphatic heterocycles. The first-order valence-electron chi connectivity index (χ1n) is 10.6. The number of hydrogen-bond acceptors (Lipinski definition) is 4. The van der Waals surface area contributed by atoms with Crippen LogP contribution in [0.5, 0.6) is 0 Å². The predicted molar refractivity (Wildman–Crippen MR) is 122 cm³/mol. The minimum absolute atomic E-state index is 0.255. The van der Waals surface area contributed by atoms with E-state index >= 15 is 0 Å². The van der Waals surface area contributed by atoms with Crippen molar-refractivity contribution in [1.82, 2.24) is 10.2 Å². The van der Waals surface area contributed by atoms with Crippen LogP contribution in [0.1, 0.15) is 31.7 Å². The van der Waals surface area contributed by atoms with E-state index in [1.807, 2.05) is 60.7 Å². The van der Waals surface area contributed by atoms with E-state index in [2.05, 4.69) is 32.7 Å². The third kappa shape index (κ3) is 4.76. The lowest BCUT2D eigenvalue weighted by Crippen LogP contribution is -2.30. The summed E-state index contributed by atoms with van der Waals surface area (Å²) < 4.78 is 0. The van der Waals surface area contributed by atoms with Gasteiger partial charge in [0.25, 0.3) is 0 Å². The molecule has 30 heavy (non-hydrogen) atoms. The number of rotatable bonds is 5. The molecular weight excluding hydrogens is 374 g/mol. The summed E-state index contributed by atoms with van der Waals surface area (Å²) in [4.78, 5) is 14.6. The maximum Gasteiger partial charge on any atom is 0.323 e. The van der Waals surface area contributed by atoms with Gasteiger partial charge in [0.2, 0.25) is 0 Å². The Bertz CT molecular complexity index is 979. The highest BCUT2D eigenvalue weighted by atomic mass is 16.2. The maximum atomic E-state index is 12.3. The second-order valence-electron chi connectivity index (χ2n) is 7.49. The molecule has 0 bridgehead atoms. The minimum Gasteiger partial charge on any atom is -0.355 e. The number of piperidine rings is 1. The van der Waals surface area contributed by atoms with Crippen LogP contribution < -0.4 is 15.5 Å². The Kier molecular flexibility index (Phi) is 6.23. The lowest BCUT2D eigenvalue weighted by Gasteiger charge is -2.27. The summed E-state index contributed by atoms with van der Waals surface area (Å²) in [6.07, 6.45) is 4.60. The Labute approximate surface area is 177 Å². The van der Waals surface area contributed by atoms with Crippen molar-refractivity contribution in [2.75, 3.05) is 28.6 Å². The molecule has 2 amide bonds. The van der Waals surface area contributed by atoms with Crippen molar-refractivity contribution in [1.29, 1.82) is 0 Å². The number of carbonyl (C=O) groups is 1. The van der Waals surface area contributed by atoms with Crippen molar-refractivity contribution < 1.29 is 4.79 Å². The molecule has 0 saturated carbocycles. The van der Waals surface area contributed by atoms with Crippen LogP contribution in [-0.4, -0.2) is 29.3 Å². The molecule has 1 aliphatic rings. The van der Waals surface area contributed by atoms with Crippen molar-refractivity contribution >= 4 is 23.2 Å². The SMILES string of the molecule is CCc1ccccc1NC(=O)Nc1ccc(-c2ccc(N3CCCCC3)nn2)cc1. The smallest absolute Gasteiger partial charge is 0.323 e. The van der Waals surface area contributed by atoms with Gasteiger partial charge in [0.1, 0.15) is 0 Å². The molecule has 3 aromatic rings. The van der Waals surface area contributed by atoms with Crippen LogP contribution in [-0.2, 0) is 6.42 Å². The Balaban J connectivity index is 1.38. The van der Waals surface area contributed by atoms with Gasteiger partial charge < -0.3 is 15.5 Å². The zero-order valence-corrected chi connectivity index (χ0v) is 17.3. The number of para-hydroxylation sites is 1. The molecule has 0 spiro atoms. The third-order valence-electron chi connectivity index (χ3n) is 5.42. The lowest BCUT2D eigenvalue weighted by atomic mass is 10.1. The van der Waals surface area contributed by atoms with Crippen molar-refractivity contribution in [2.24, 2.45) is 0 Å². The van der Waals surface area contributed by atoms with E-state index in [9.17, 15) is 4.79 Å². The van der Waals surface area contributed by atoms with Crippen LogP contribution in [0.3, 0.4) is 0 Å². The largest absolute Gasteiger partial charge is 0.355 e. The summed E-state index contributed by atoms with van der Waals surface area (Å²) in [5.41, 5.74) is 4.45. The van der Waals surface area contributed by atoms with E-state index < -0.39 is 0 Å². The summed E-state index contributed by atoms with van der Waals surface area (Å²) in [7, 11) is 0. The molecule has 0 atom stereocenters. The van der Waals surface area contributed by atoms with Crippen LogP contribution >= 0.6 is 0 Å². The summed E-state index contributed by atoms with van der Waals surface area (Å²) >= 11 is 0. The number of urea groups is 1. The van der Waals surface area contributed by atoms with Crippen LogP contribution in [0, 0.1) is 0 Å². The molecule has 1 saturated heterocycles. The van der Waals surface area contributed by atoms with Crippen LogP contribution in [0.4, 0.5) is 22.0 Å². The summed E-state index contributed by atoms with van der Waals surface area (Å²) in [5.74, 6) is 0.945. The summed E-state index contributed by atoms with van der Waals surface area (Å²) in [6, 6.07) is 19.3. The second-order valence-corrected chi connectivity index (χ2v) is 7.49. The van der Waals surface area contributed by atoms with Crippen LogP contribution in [0.15, 0.2) is 60.7 Å². The molecule has 154 valence electrons. The lowest BCUT2D eigenvalue weighted by molar-refractivity contribution is 0.262. The van der Waals surface area contributed by atoms with Gasteiger partial charge >= 0.3 is 6.03 Å². The van der Waals surface area contributed by atoms with Gasteiger partial charge in [-0.3, -0.25) is 0 Å². The Morgan fingerprint density at radius 3 is 2.37 bits per heavy atom. The van der Waals surface area contributed by atoms with Gasteiger partial charge in [0, 0.05) is 30.0 Å². The number of aryl methyl sites for hydroxylation is 1. The standard InChI is InChI=1S/C24H27N5O/c1-2-18-8-4-5-9-21(18)26-24(30)25-20-12-10-19(11-13-20)22-14-15-23(28-27-22)29-16-6-3-7-17-29/h4-5,8-15H,2-3,6-7,16-17H2,1H3,(H2,25,26,30). The van der Waals surface area contributed by atoms with E-state index in [1.54, 1.807) is 0 Å². The number of hydrogen-bond donors (Lipinski definition) is 2. The number of nitrogens with zero attached hydrogens (tertiary/aromatic N) is 3. The number of carbonyl (C=O) groups excluding carboxylic acids is 1. The van der Waals surface area contributed by atoms with E-state index in [0.717, 1.165) is 53.5 Å². The van der Waals surface area contributed by atoms with Crippen molar-refractivity contribution in [3.05, 3.63) is 66.2 Å².